The predicted molar refractivity (Wildman–Crippen MR) is 116 cm³/mol. The maximum absolute atomic E-state index is 13.2. The molecule has 2 aromatic rings. The van der Waals surface area contributed by atoms with Gasteiger partial charge >= 0.3 is 6.03 Å². The van der Waals surface area contributed by atoms with Crippen LogP contribution in [0.1, 0.15) is 48.2 Å². The molecule has 0 unspecified atom stereocenters. The van der Waals surface area contributed by atoms with E-state index in [1.165, 1.54) is 0 Å². The summed E-state index contributed by atoms with van der Waals surface area (Å²) >= 11 is 0. The fraction of sp³-hybridized carbons (Fsp3) is 0.333. The fourth-order valence-corrected chi connectivity index (χ4v) is 4.29. The minimum Gasteiger partial charge on any atom is -0.326 e. The zero-order valence-corrected chi connectivity index (χ0v) is 17.6. The van der Waals surface area contributed by atoms with Crippen LogP contribution in [0.5, 0.6) is 0 Å². The number of anilines is 1. The molecule has 1 spiro atoms. The van der Waals surface area contributed by atoms with E-state index < -0.39 is 11.6 Å². The Labute approximate surface area is 180 Å². The van der Waals surface area contributed by atoms with Gasteiger partial charge in [-0.05, 0) is 54.2 Å². The summed E-state index contributed by atoms with van der Waals surface area (Å²) in [6.07, 6.45) is 1.61. The van der Waals surface area contributed by atoms with Gasteiger partial charge in [0.2, 0.25) is 5.91 Å². The van der Waals surface area contributed by atoms with Crippen LogP contribution in [0.4, 0.5) is 10.5 Å². The van der Waals surface area contributed by atoms with Gasteiger partial charge in [-0.2, -0.15) is 0 Å². The summed E-state index contributed by atoms with van der Waals surface area (Å²) in [5, 5.41) is 5.62. The maximum Gasteiger partial charge on any atom is 0.325 e. The van der Waals surface area contributed by atoms with E-state index in [0.717, 1.165) is 16.0 Å². The number of aryl methyl sites for hydroxylation is 1. The van der Waals surface area contributed by atoms with E-state index in [2.05, 4.69) is 10.6 Å². The lowest BCUT2D eigenvalue weighted by molar-refractivity contribution is -0.131. The third-order valence-corrected chi connectivity index (χ3v) is 5.81. The highest BCUT2D eigenvalue weighted by molar-refractivity contribution is 6.12. The SMILES string of the molecule is CC(C)CC(=O)Nc1ccc(C(=O)CN2C(=O)N[C@@]3(CCc4ccccc43)C2=O)cc1. The van der Waals surface area contributed by atoms with Crippen LogP contribution in [-0.4, -0.2) is 35.1 Å². The third-order valence-electron chi connectivity index (χ3n) is 5.81. The highest BCUT2D eigenvalue weighted by atomic mass is 16.2. The molecule has 4 amide bonds. The molecule has 1 heterocycles. The second-order valence-electron chi connectivity index (χ2n) is 8.53. The molecular weight excluding hydrogens is 394 g/mol. The average molecular weight is 419 g/mol. The molecule has 0 radical (unpaired) electrons. The number of hydrogen-bond acceptors (Lipinski definition) is 4. The van der Waals surface area contributed by atoms with Crippen LogP contribution in [0.15, 0.2) is 48.5 Å². The normalized spacial score (nSPS) is 19.6. The predicted octanol–water partition coefficient (Wildman–Crippen LogP) is 3.25. The van der Waals surface area contributed by atoms with Gasteiger partial charge in [0.15, 0.2) is 5.78 Å². The van der Waals surface area contributed by atoms with E-state index in [0.29, 0.717) is 30.5 Å². The minimum absolute atomic E-state index is 0.0875. The van der Waals surface area contributed by atoms with E-state index in [9.17, 15) is 19.2 Å². The van der Waals surface area contributed by atoms with Crippen molar-refractivity contribution in [2.75, 3.05) is 11.9 Å². The molecular formula is C24H25N3O4. The topological polar surface area (TPSA) is 95.6 Å². The lowest BCUT2D eigenvalue weighted by atomic mass is 9.92. The number of carbonyl (C=O) groups excluding carboxylic acids is 4. The number of amides is 4. The summed E-state index contributed by atoms with van der Waals surface area (Å²) in [7, 11) is 0. The van der Waals surface area contributed by atoms with Gasteiger partial charge in [0.1, 0.15) is 5.54 Å². The Morgan fingerprint density at radius 3 is 2.52 bits per heavy atom. The quantitative estimate of drug-likeness (QED) is 0.555. The summed E-state index contributed by atoms with van der Waals surface area (Å²) < 4.78 is 0. The number of carbonyl (C=O) groups is 4. The number of nitrogens with zero attached hydrogens (tertiary/aromatic N) is 1. The van der Waals surface area contributed by atoms with Crippen molar-refractivity contribution in [3.63, 3.8) is 0 Å². The van der Waals surface area contributed by atoms with Gasteiger partial charge in [-0.15, -0.1) is 0 Å². The maximum atomic E-state index is 13.2. The van der Waals surface area contributed by atoms with Crippen molar-refractivity contribution in [3.8, 4) is 0 Å². The highest BCUT2D eigenvalue weighted by Gasteiger charge is 2.55. The Kier molecular flexibility index (Phi) is 5.35. The molecule has 1 fully saturated rings. The average Bonchev–Trinajstić information content (AvgIpc) is 3.21. The van der Waals surface area contributed by atoms with Crippen molar-refractivity contribution in [1.82, 2.24) is 10.2 Å². The molecule has 2 aliphatic rings. The van der Waals surface area contributed by atoms with Crippen LogP contribution < -0.4 is 10.6 Å². The van der Waals surface area contributed by atoms with Crippen LogP contribution in [0.3, 0.4) is 0 Å². The molecule has 31 heavy (non-hydrogen) atoms. The lowest BCUT2D eigenvalue weighted by Crippen LogP contribution is -2.42. The summed E-state index contributed by atoms with van der Waals surface area (Å²) in [5.74, 6) is -0.559. The van der Waals surface area contributed by atoms with Gasteiger partial charge in [-0.25, -0.2) is 4.79 Å². The van der Waals surface area contributed by atoms with Gasteiger partial charge in [0.25, 0.3) is 5.91 Å². The number of nitrogens with one attached hydrogen (secondary N) is 2. The first-order valence-electron chi connectivity index (χ1n) is 10.5. The standard InChI is InChI=1S/C24H25N3O4/c1-15(2)13-21(29)25-18-9-7-17(8-10-18)20(28)14-27-22(30)24(26-23(27)31)12-11-16-5-3-4-6-19(16)24/h3-10,15H,11-14H2,1-2H3,(H,25,29)(H,26,31)/t24-/m1/s1. The van der Waals surface area contributed by atoms with E-state index in [1.807, 2.05) is 38.1 Å². The largest absolute Gasteiger partial charge is 0.326 e. The molecule has 1 atom stereocenters. The van der Waals surface area contributed by atoms with E-state index in [4.69, 9.17) is 0 Å². The number of imide groups is 1. The molecule has 1 saturated heterocycles. The molecule has 0 aromatic heterocycles. The van der Waals surface area contributed by atoms with Crippen LogP contribution in [-0.2, 0) is 21.5 Å². The van der Waals surface area contributed by atoms with Crippen molar-refractivity contribution in [1.29, 1.82) is 0 Å². The van der Waals surface area contributed by atoms with E-state index in [1.54, 1.807) is 24.3 Å². The smallest absolute Gasteiger partial charge is 0.325 e. The molecule has 2 aromatic carbocycles. The van der Waals surface area contributed by atoms with Gasteiger partial charge in [-0.1, -0.05) is 38.1 Å². The van der Waals surface area contributed by atoms with Crippen molar-refractivity contribution in [2.45, 2.75) is 38.6 Å². The molecule has 0 bridgehead atoms. The van der Waals surface area contributed by atoms with Crippen LogP contribution in [0, 0.1) is 5.92 Å². The number of benzene rings is 2. The zero-order valence-electron chi connectivity index (χ0n) is 17.6. The molecule has 160 valence electrons. The first kappa shape index (κ1) is 20.8. The molecule has 1 aliphatic heterocycles. The summed E-state index contributed by atoms with van der Waals surface area (Å²) in [5.41, 5.74) is 1.75. The number of rotatable bonds is 6. The summed E-state index contributed by atoms with van der Waals surface area (Å²) in [6.45, 7) is 3.60. The fourth-order valence-electron chi connectivity index (χ4n) is 4.29. The third kappa shape index (κ3) is 3.83. The second-order valence-corrected chi connectivity index (χ2v) is 8.53. The van der Waals surface area contributed by atoms with Gasteiger partial charge < -0.3 is 10.6 Å². The van der Waals surface area contributed by atoms with Crippen molar-refractivity contribution in [2.24, 2.45) is 5.92 Å². The number of urea groups is 1. The van der Waals surface area contributed by atoms with Gasteiger partial charge in [0.05, 0.1) is 6.54 Å². The molecule has 4 rings (SSSR count). The Bertz CT molecular complexity index is 1060. The Morgan fingerprint density at radius 2 is 1.81 bits per heavy atom. The van der Waals surface area contributed by atoms with Crippen molar-refractivity contribution >= 4 is 29.3 Å². The van der Waals surface area contributed by atoms with Crippen LogP contribution in [0.2, 0.25) is 0 Å². The molecule has 7 heteroatoms. The van der Waals surface area contributed by atoms with Gasteiger partial charge in [0, 0.05) is 17.7 Å². The number of hydrogen-bond donors (Lipinski definition) is 2. The molecule has 2 N–H and O–H groups in total. The molecule has 0 saturated carbocycles. The Morgan fingerprint density at radius 1 is 1.10 bits per heavy atom. The Hall–Kier alpha value is -3.48. The minimum atomic E-state index is -1.07. The zero-order chi connectivity index (χ0) is 22.2. The first-order valence-corrected chi connectivity index (χ1v) is 10.5. The second kappa shape index (κ2) is 7.98. The van der Waals surface area contributed by atoms with Crippen LogP contribution >= 0.6 is 0 Å². The number of Topliss-reactive ketones (excluding diaryl/α,β-unsaturated/α-hetero) is 1. The Balaban J connectivity index is 1.45. The van der Waals surface area contributed by atoms with E-state index in [-0.39, 0.29) is 30.1 Å². The van der Waals surface area contributed by atoms with Gasteiger partial charge in [-0.3, -0.25) is 19.3 Å². The number of fused-ring (bicyclic) bond motifs is 2. The number of ketones is 1. The van der Waals surface area contributed by atoms with Crippen LogP contribution in [0.25, 0.3) is 0 Å². The molecule has 1 aliphatic carbocycles. The van der Waals surface area contributed by atoms with Crippen molar-refractivity contribution < 1.29 is 19.2 Å². The molecule has 7 nitrogen and oxygen atoms in total. The first-order chi connectivity index (χ1) is 14.8. The van der Waals surface area contributed by atoms with E-state index >= 15 is 0 Å². The van der Waals surface area contributed by atoms with Crippen molar-refractivity contribution in [3.05, 3.63) is 65.2 Å². The lowest BCUT2D eigenvalue weighted by Gasteiger charge is -2.22. The monoisotopic (exact) mass is 419 g/mol. The summed E-state index contributed by atoms with van der Waals surface area (Å²) in [4.78, 5) is 51.4. The summed E-state index contributed by atoms with van der Waals surface area (Å²) in [6, 6.07) is 13.5. The highest BCUT2D eigenvalue weighted by Crippen LogP contribution is 2.41.